The van der Waals surface area contributed by atoms with Crippen LogP contribution >= 0.6 is 0 Å². The lowest BCUT2D eigenvalue weighted by molar-refractivity contribution is 0.477. The lowest BCUT2D eigenvalue weighted by Gasteiger charge is -2.10. The summed E-state index contributed by atoms with van der Waals surface area (Å²) in [5.41, 5.74) is 1.92. The van der Waals surface area contributed by atoms with Crippen LogP contribution in [0.25, 0.3) is 33.4 Å². The quantitative estimate of drug-likeness (QED) is 0.595. The van der Waals surface area contributed by atoms with Crippen LogP contribution in [-0.2, 0) is 7.05 Å². The molecule has 2 aromatic carbocycles. The molecule has 2 aromatic heterocycles. The molecule has 2 N–H and O–H groups in total. The highest BCUT2D eigenvalue weighted by atomic mass is 16.3. The van der Waals surface area contributed by atoms with E-state index in [0.717, 1.165) is 10.9 Å². The second-order valence-electron chi connectivity index (χ2n) is 5.49. The first-order valence-corrected chi connectivity index (χ1v) is 7.44. The van der Waals surface area contributed by atoms with Gasteiger partial charge in [-0.3, -0.25) is 4.79 Å². The zero-order valence-electron chi connectivity index (χ0n) is 12.9. The summed E-state index contributed by atoms with van der Waals surface area (Å²) >= 11 is 0. The third kappa shape index (κ3) is 2.16. The van der Waals surface area contributed by atoms with Crippen LogP contribution in [0.2, 0.25) is 0 Å². The molecule has 0 fully saturated rings. The van der Waals surface area contributed by atoms with E-state index in [2.05, 4.69) is 15.1 Å². The van der Waals surface area contributed by atoms with Crippen molar-refractivity contribution in [1.82, 2.24) is 19.7 Å². The average molecular weight is 318 g/mol. The van der Waals surface area contributed by atoms with Gasteiger partial charge in [-0.25, -0.2) is 9.67 Å². The number of aromatic nitrogens is 4. The van der Waals surface area contributed by atoms with E-state index in [1.165, 1.54) is 4.68 Å². The van der Waals surface area contributed by atoms with Gasteiger partial charge in [-0.05, 0) is 24.3 Å². The van der Waals surface area contributed by atoms with Crippen LogP contribution in [0.1, 0.15) is 0 Å². The lowest BCUT2D eigenvalue weighted by atomic mass is 10.0. The fourth-order valence-electron chi connectivity index (χ4n) is 2.80. The second-order valence-corrected chi connectivity index (χ2v) is 5.49. The Balaban J connectivity index is 2.01. The van der Waals surface area contributed by atoms with Crippen molar-refractivity contribution in [1.29, 1.82) is 0 Å². The van der Waals surface area contributed by atoms with Crippen LogP contribution < -0.4 is 5.56 Å². The molecule has 118 valence electrons. The summed E-state index contributed by atoms with van der Waals surface area (Å²) < 4.78 is 1.33. The summed E-state index contributed by atoms with van der Waals surface area (Å²) in [5.74, 6) is 0.700. The second kappa shape index (κ2) is 5.34. The number of nitrogens with one attached hydrogen (secondary N) is 1. The summed E-state index contributed by atoms with van der Waals surface area (Å²) in [4.78, 5) is 19.4. The number of phenols is 1. The first-order chi connectivity index (χ1) is 11.6. The molecule has 0 amide bonds. The first-order valence-electron chi connectivity index (χ1n) is 7.44. The van der Waals surface area contributed by atoms with Crippen LogP contribution in [0.3, 0.4) is 0 Å². The molecule has 0 saturated carbocycles. The minimum atomic E-state index is -0.139. The molecule has 0 atom stereocenters. The van der Waals surface area contributed by atoms with Crippen LogP contribution in [0.15, 0.2) is 59.7 Å². The Morgan fingerprint density at radius 2 is 1.92 bits per heavy atom. The molecule has 0 aliphatic rings. The van der Waals surface area contributed by atoms with E-state index in [4.69, 9.17) is 0 Å². The largest absolute Gasteiger partial charge is 0.507 e. The van der Waals surface area contributed by atoms with Crippen LogP contribution in [0, 0.1) is 0 Å². The Kier molecular flexibility index (Phi) is 3.16. The number of aryl methyl sites for hydroxylation is 1. The maximum absolute atomic E-state index is 12.3. The molecular formula is C18H14N4O2. The molecule has 0 radical (unpaired) electrons. The first kappa shape index (κ1) is 14.2. The number of hydrogen-bond acceptors (Lipinski definition) is 4. The van der Waals surface area contributed by atoms with E-state index >= 15 is 0 Å². The Labute approximate surface area is 137 Å². The molecule has 2 heterocycles. The van der Waals surface area contributed by atoms with Crippen molar-refractivity contribution in [2.75, 3.05) is 0 Å². The lowest BCUT2D eigenvalue weighted by Crippen LogP contribution is -2.20. The van der Waals surface area contributed by atoms with Crippen LogP contribution in [-0.4, -0.2) is 24.9 Å². The van der Waals surface area contributed by atoms with E-state index < -0.39 is 0 Å². The van der Waals surface area contributed by atoms with E-state index in [9.17, 15) is 9.90 Å². The smallest absolute Gasteiger partial charge is 0.274 e. The van der Waals surface area contributed by atoms with Crippen LogP contribution in [0.5, 0.6) is 5.75 Å². The molecule has 0 unspecified atom stereocenters. The van der Waals surface area contributed by atoms with E-state index in [0.29, 0.717) is 22.5 Å². The van der Waals surface area contributed by atoms with Crippen molar-refractivity contribution < 1.29 is 5.11 Å². The summed E-state index contributed by atoms with van der Waals surface area (Å²) in [6.45, 7) is 0. The molecule has 4 rings (SSSR count). The van der Waals surface area contributed by atoms with Crippen molar-refractivity contribution in [3.8, 4) is 28.4 Å². The summed E-state index contributed by atoms with van der Waals surface area (Å²) in [6, 6.07) is 12.6. The molecule has 24 heavy (non-hydrogen) atoms. The maximum Gasteiger partial charge on any atom is 0.274 e. The molecule has 0 saturated heterocycles. The third-order valence-electron chi connectivity index (χ3n) is 3.98. The predicted octanol–water partition coefficient (Wildman–Crippen LogP) is 2.70. The van der Waals surface area contributed by atoms with Crippen molar-refractivity contribution in [3.63, 3.8) is 0 Å². The standard InChI is InChI=1S/C18H14N4O2/c1-22-18(24)13-5-3-2-4-12(13)16(21-22)11-6-7-15(23)14(10-11)17-19-8-9-20-17/h2-10,23H,1H3,(H,19,20). The number of phenolic OH excluding ortho intramolecular Hbond substituents is 1. The van der Waals surface area contributed by atoms with Gasteiger partial charge in [-0.15, -0.1) is 0 Å². The van der Waals surface area contributed by atoms with Gasteiger partial charge in [0.15, 0.2) is 0 Å². The molecular weight excluding hydrogens is 304 g/mol. The number of imidazole rings is 1. The van der Waals surface area contributed by atoms with Gasteiger partial charge in [0.2, 0.25) is 0 Å². The third-order valence-corrected chi connectivity index (χ3v) is 3.98. The molecule has 0 aliphatic carbocycles. The molecule has 6 heteroatoms. The molecule has 0 bridgehead atoms. The van der Waals surface area contributed by atoms with Crippen molar-refractivity contribution in [3.05, 3.63) is 65.2 Å². The predicted molar refractivity (Wildman–Crippen MR) is 91.7 cm³/mol. The number of hydrogen-bond donors (Lipinski definition) is 2. The van der Waals surface area contributed by atoms with Gasteiger partial charge < -0.3 is 10.1 Å². The number of aromatic amines is 1. The summed E-state index contributed by atoms with van der Waals surface area (Å²) in [7, 11) is 1.63. The average Bonchev–Trinajstić information content (AvgIpc) is 3.13. The Bertz CT molecular complexity index is 1100. The minimum absolute atomic E-state index is 0.128. The van der Waals surface area contributed by atoms with E-state index in [-0.39, 0.29) is 11.3 Å². The van der Waals surface area contributed by atoms with Crippen molar-refractivity contribution >= 4 is 10.8 Å². The summed E-state index contributed by atoms with van der Waals surface area (Å²) in [5, 5.41) is 15.9. The van der Waals surface area contributed by atoms with Gasteiger partial charge in [0.05, 0.1) is 16.6 Å². The van der Waals surface area contributed by atoms with Crippen molar-refractivity contribution in [2.24, 2.45) is 7.05 Å². The van der Waals surface area contributed by atoms with Crippen molar-refractivity contribution in [2.45, 2.75) is 0 Å². The SMILES string of the molecule is Cn1nc(-c2ccc(O)c(-c3ncc[nH]3)c2)c2ccccc2c1=O. The molecule has 0 spiro atoms. The number of aromatic hydroxyl groups is 1. The van der Waals surface area contributed by atoms with E-state index in [1.54, 1.807) is 37.6 Å². The van der Waals surface area contributed by atoms with Gasteiger partial charge >= 0.3 is 0 Å². The zero-order chi connectivity index (χ0) is 16.7. The number of H-pyrrole nitrogens is 1. The normalized spacial score (nSPS) is 11.0. The zero-order valence-corrected chi connectivity index (χ0v) is 12.9. The van der Waals surface area contributed by atoms with Gasteiger partial charge in [-0.2, -0.15) is 5.10 Å². The van der Waals surface area contributed by atoms with E-state index in [1.807, 2.05) is 24.3 Å². The number of benzene rings is 2. The Morgan fingerprint density at radius 3 is 2.67 bits per heavy atom. The molecule has 0 aliphatic heterocycles. The monoisotopic (exact) mass is 318 g/mol. The Morgan fingerprint density at radius 1 is 1.12 bits per heavy atom. The molecule has 4 aromatic rings. The van der Waals surface area contributed by atoms with Gasteiger partial charge in [0.25, 0.3) is 5.56 Å². The van der Waals surface area contributed by atoms with Gasteiger partial charge in [-0.1, -0.05) is 18.2 Å². The fourth-order valence-corrected chi connectivity index (χ4v) is 2.80. The minimum Gasteiger partial charge on any atom is -0.507 e. The van der Waals surface area contributed by atoms with Gasteiger partial charge in [0, 0.05) is 30.4 Å². The highest BCUT2D eigenvalue weighted by molar-refractivity contribution is 5.94. The highest BCUT2D eigenvalue weighted by Gasteiger charge is 2.14. The maximum atomic E-state index is 12.3. The van der Waals surface area contributed by atoms with Crippen LogP contribution in [0.4, 0.5) is 0 Å². The number of fused-ring (bicyclic) bond motifs is 1. The topological polar surface area (TPSA) is 83.8 Å². The fraction of sp³-hybridized carbons (Fsp3) is 0.0556. The Hall–Kier alpha value is -3.41. The highest BCUT2D eigenvalue weighted by Crippen LogP contribution is 2.33. The number of nitrogens with zero attached hydrogens (tertiary/aromatic N) is 3. The molecule has 6 nitrogen and oxygen atoms in total. The summed E-state index contributed by atoms with van der Waals surface area (Å²) in [6.07, 6.45) is 3.32. The number of rotatable bonds is 2. The van der Waals surface area contributed by atoms with Gasteiger partial charge in [0.1, 0.15) is 11.6 Å².